The molecule has 3 aromatic rings. The third kappa shape index (κ3) is 8.75. The van der Waals surface area contributed by atoms with Crippen molar-refractivity contribution in [1.29, 1.82) is 0 Å². The zero-order valence-electron chi connectivity index (χ0n) is 17.8. The van der Waals surface area contributed by atoms with Gasteiger partial charge in [0.1, 0.15) is 6.61 Å². The molecule has 32 heavy (non-hydrogen) atoms. The molecular formula is C24H26ClN3O4. The van der Waals surface area contributed by atoms with Crippen molar-refractivity contribution in [2.24, 2.45) is 5.73 Å². The maximum Gasteiger partial charge on any atom is 0.416 e. The molecular weight excluding hydrogens is 430 g/mol. The van der Waals surface area contributed by atoms with Crippen molar-refractivity contribution in [3.63, 3.8) is 0 Å². The average Bonchev–Trinajstić information content (AvgIpc) is 3.27. The van der Waals surface area contributed by atoms with Crippen LogP contribution in [-0.2, 0) is 16.0 Å². The van der Waals surface area contributed by atoms with Gasteiger partial charge in [-0.15, -0.1) is 0 Å². The summed E-state index contributed by atoms with van der Waals surface area (Å²) in [5.41, 5.74) is 6.60. The van der Waals surface area contributed by atoms with E-state index in [0.29, 0.717) is 12.3 Å². The molecule has 1 fully saturated rings. The van der Waals surface area contributed by atoms with Crippen molar-refractivity contribution in [1.82, 2.24) is 9.88 Å². The van der Waals surface area contributed by atoms with E-state index in [2.05, 4.69) is 4.98 Å². The molecule has 1 aliphatic heterocycles. The summed E-state index contributed by atoms with van der Waals surface area (Å²) in [6, 6.07) is 24.1. The van der Waals surface area contributed by atoms with Gasteiger partial charge in [-0.2, -0.15) is 0 Å². The predicted molar refractivity (Wildman–Crippen MR) is 123 cm³/mol. The third-order valence-corrected chi connectivity index (χ3v) is 4.46. The van der Waals surface area contributed by atoms with Crippen LogP contribution in [0.2, 0.25) is 5.02 Å². The largest absolute Gasteiger partial charge is 0.481 e. The molecule has 4 rings (SSSR count). The Bertz CT molecular complexity index is 914. The van der Waals surface area contributed by atoms with E-state index in [1.807, 2.05) is 66.7 Å². The molecule has 7 nitrogen and oxygen atoms in total. The standard InChI is InChI=1S/C12H15N3O4.C6H5Cl.C6H6/c1-18-10-3-2-8(7-14-10)6-9(13)11(16)15-4-5-19-12(15)17;7-6-4-2-1-3-5-6;1-2-4-6-5-3-1/h2-3,7,9H,4-6,13H2,1H3;1-5H;1-6H. The van der Waals surface area contributed by atoms with Gasteiger partial charge in [0.15, 0.2) is 0 Å². The lowest BCUT2D eigenvalue weighted by molar-refractivity contribution is -0.129. The Labute approximate surface area is 192 Å². The first-order chi connectivity index (χ1) is 15.5. The van der Waals surface area contributed by atoms with E-state index in [0.717, 1.165) is 15.5 Å². The SMILES string of the molecule is COc1ccc(CC(N)C(=O)N2CCOC2=O)cn1.Clc1ccccc1.c1ccccc1. The molecule has 1 aromatic heterocycles. The summed E-state index contributed by atoms with van der Waals surface area (Å²) in [4.78, 5) is 28.2. The molecule has 8 heteroatoms. The summed E-state index contributed by atoms with van der Waals surface area (Å²) < 4.78 is 9.64. The minimum absolute atomic E-state index is 0.224. The molecule has 2 N–H and O–H groups in total. The van der Waals surface area contributed by atoms with Crippen molar-refractivity contribution < 1.29 is 19.1 Å². The monoisotopic (exact) mass is 455 g/mol. The number of methoxy groups -OCH3 is 1. The van der Waals surface area contributed by atoms with Crippen molar-refractivity contribution in [3.8, 4) is 5.88 Å². The van der Waals surface area contributed by atoms with Gasteiger partial charge >= 0.3 is 6.09 Å². The molecule has 1 aliphatic rings. The van der Waals surface area contributed by atoms with Crippen LogP contribution in [0.5, 0.6) is 5.88 Å². The van der Waals surface area contributed by atoms with E-state index < -0.39 is 18.0 Å². The van der Waals surface area contributed by atoms with Gasteiger partial charge in [-0.05, 0) is 24.1 Å². The molecule has 1 atom stereocenters. The topological polar surface area (TPSA) is 94.8 Å². The summed E-state index contributed by atoms with van der Waals surface area (Å²) in [5, 5.41) is 0.794. The number of ether oxygens (including phenoxy) is 2. The Morgan fingerprint density at radius 2 is 1.69 bits per heavy atom. The minimum atomic E-state index is -0.791. The highest BCUT2D eigenvalue weighted by molar-refractivity contribution is 6.30. The van der Waals surface area contributed by atoms with Gasteiger partial charge in [0, 0.05) is 17.3 Å². The zero-order chi connectivity index (χ0) is 23.2. The summed E-state index contributed by atoms with van der Waals surface area (Å²) in [6.45, 7) is 0.480. The normalized spacial score (nSPS) is 13.0. The zero-order valence-corrected chi connectivity index (χ0v) is 18.5. The van der Waals surface area contributed by atoms with E-state index >= 15 is 0 Å². The fourth-order valence-electron chi connectivity index (χ4n) is 2.59. The number of hydrogen-bond donors (Lipinski definition) is 1. The van der Waals surface area contributed by atoms with Crippen LogP contribution < -0.4 is 10.5 Å². The van der Waals surface area contributed by atoms with Gasteiger partial charge in [-0.25, -0.2) is 14.7 Å². The van der Waals surface area contributed by atoms with Crippen LogP contribution in [0, 0.1) is 0 Å². The van der Waals surface area contributed by atoms with Crippen LogP contribution in [0.15, 0.2) is 85.1 Å². The van der Waals surface area contributed by atoms with E-state index in [1.54, 1.807) is 18.3 Å². The second-order valence-corrected chi connectivity index (χ2v) is 7.01. The van der Waals surface area contributed by atoms with Crippen molar-refractivity contribution >= 4 is 23.6 Å². The molecule has 1 unspecified atom stereocenters. The van der Waals surface area contributed by atoms with Crippen molar-refractivity contribution in [2.45, 2.75) is 12.5 Å². The lowest BCUT2D eigenvalue weighted by Gasteiger charge is -2.16. The smallest absolute Gasteiger partial charge is 0.416 e. The molecule has 0 bridgehead atoms. The summed E-state index contributed by atoms with van der Waals surface area (Å²) in [5.74, 6) is 0.0603. The number of pyridine rings is 1. The maximum atomic E-state index is 11.9. The molecule has 1 saturated heterocycles. The number of amides is 2. The lowest BCUT2D eigenvalue weighted by Crippen LogP contribution is -2.45. The second kappa shape index (κ2) is 13.8. The van der Waals surface area contributed by atoms with Crippen LogP contribution in [0.25, 0.3) is 0 Å². The second-order valence-electron chi connectivity index (χ2n) is 6.57. The predicted octanol–water partition coefficient (Wildman–Crippen LogP) is 3.97. The van der Waals surface area contributed by atoms with Crippen LogP contribution in [0.3, 0.4) is 0 Å². The number of rotatable bonds is 4. The first-order valence-electron chi connectivity index (χ1n) is 9.94. The first kappa shape index (κ1) is 24.8. The van der Waals surface area contributed by atoms with Crippen LogP contribution in [0.1, 0.15) is 5.56 Å². The molecule has 2 heterocycles. The average molecular weight is 456 g/mol. The van der Waals surface area contributed by atoms with E-state index in [1.165, 1.54) is 7.11 Å². The number of hydrogen-bond acceptors (Lipinski definition) is 6. The number of nitrogens with zero attached hydrogens (tertiary/aromatic N) is 2. The van der Waals surface area contributed by atoms with Gasteiger partial charge in [0.2, 0.25) is 11.8 Å². The van der Waals surface area contributed by atoms with Crippen molar-refractivity contribution in [3.05, 3.63) is 95.6 Å². The molecule has 168 valence electrons. The van der Waals surface area contributed by atoms with Gasteiger partial charge < -0.3 is 15.2 Å². The highest BCUT2D eigenvalue weighted by atomic mass is 35.5. The molecule has 0 aliphatic carbocycles. The number of nitrogens with two attached hydrogens (primary N) is 1. The molecule has 2 amide bonds. The maximum absolute atomic E-state index is 11.9. The van der Waals surface area contributed by atoms with Gasteiger partial charge in [-0.1, -0.05) is 72.3 Å². The Morgan fingerprint density at radius 3 is 2.09 bits per heavy atom. The highest BCUT2D eigenvalue weighted by Crippen LogP contribution is 2.11. The highest BCUT2D eigenvalue weighted by Gasteiger charge is 2.31. The Morgan fingerprint density at radius 1 is 1.09 bits per heavy atom. The molecule has 2 aromatic carbocycles. The summed E-state index contributed by atoms with van der Waals surface area (Å²) in [6.07, 6.45) is 1.27. The quantitative estimate of drug-likeness (QED) is 0.639. The number of imide groups is 1. The number of carbonyl (C=O) groups is 2. The lowest BCUT2D eigenvalue weighted by atomic mass is 10.1. The molecule has 0 saturated carbocycles. The third-order valence-electron chi connectivity index (χ3n) is 4.21. The summed E-state index contributed by atoms with van der Waals surface area (Å²) in [7, 11) is 1.52. The fraction of sp³-hybridized carbons (Fsp3) is 0.208. The number of halogens is 1. The van der Waals surface area contributed by atoms with E-state index in [9.17, 15) is 9.59 Å². The van der Waals surface area contributed by atoms with E-state index in [-0.39, 0.29) is 13.2 Å². The van der Waals surface area contributed by atoms with Crippen LogP contribution in [-0.4, -0.2) is 48.2 Å². The van der Waals surface area contributed by atoms with Gasteiger partial charge in [0.25, 0.3) is 0 Å². The first-order valence-corrected chi connectivity index (χ1v) is 10.3. The number of carbonyl (C=O) groups excluding carboxylic acids is 2. The number of aromatic nitrogens is 1. The summed E-state index contributed by atoms with van der Waals surface area (Å²) >= 11 is 5.54. The van der Waals surface area contributed by atoms with Gasteiger partial charge in [0.05, 0.1) is 19.7 Å². The molecule has 0 radical (unpaired) electrons. The minimum Gasteiger partial charge on any atom is -0.481 e. The number of cyclic esters (lactones) is 1. The van der Waals surface area contributed by atoms with Crippen LogP contribution in [0.4, 0.5) is 4.79 Å². The van der Waals surface area contributed by atoms with Crippen molar-refractivity contribution in [2.75, 3.05) is 20.3 Å². The Kier molecular flexibility index (Phi) is 10.7. The fourth-order valence-corrected chi connectivity index (χ4v) is 2.73. The number of benzene rings is 2. The Balaban J connectivity index is 0.000000225. The van der Waals surface area contributed by atoms with E-state index in [4.69, 9.17) is 26.8 Å². The van der Waals surface area contributed by atoms with Crippen LogP contribution >= 0.6 is 11.6 Å². The Hall–Kier alpha value is -3.42. The molecule has 0 spiro atoms. The van der Waals surface area contributed by atoms with Gasteiger partial charge in [-0.3, -0.25) is 4.79 Å².